The number of carbonyl (C=O) groups is 1. The summed E-state index contributed by atoms with van der Waals surface area (Å²) in [4.78, 5) is 14.1. The molecule has 134 valence electrons. The van der Waals surface area contributed by atoms with E-state index in [9.17, 15) is 9.90 Å². The molecule has 6 heteroatoms. The molecule has 1 fully saturated rings. The molecule has 0 aliphatic carbocycles. The van der Waals surface area contributed by atoms with Crippen molar-refractivity contribution in [3.63, 3.8) is 0 Å². The van der Waals surface area contributed by atoms with E-state index in [2.05, 4.69) is 10.2 Å². The van der Waals surface area contributed by atoms with Crippen molar-refractivity contribution in [1.29, 1.82) is 0 Å². The number of hydrogen-bond acceptors (Lipinski definition) is 5. The van der Waals surface area contributed by atoms with Crippen LogP contribution in [0.25, 0.3) is 0 Å². The molecule has 0 bridgehead atoms. The highest BCUT2D eigenvalue weighted by molar-refractivity contribution is 5.67. The minimum Gasteiger partial charge on any atom is -0.445 e. The first-order valence-corrected chi connectivity index (χ1v) is 8.60. The van der Waals surface area contributed by atoms with Crippen LogP contribution in [0.2, 0.25) is 0 Å². The van der Waals surface area contributed by atoms with Crippen molar-refractivity contribution in [2.75, 3.05) is 26.2 Å². The van der Waals surface area contributed by atoms with Gasteiger partial charge in [0.15, 0.2) is 0 Å². The number of aliphatic hydroxyl groups is 2. The van der Waals surface area contributed by atoms with Crippen molar-refractivity contribution < 1.29 is 19.7 Å². The third kappa shape index (κ3) is 5.78. The number of benzene rings is 1. The lowest BCUT2D eigenvalue weighted by molar-refractivity contribution is 0.0287. The molecule has 0 aromatic heterocycles. The topological polar surface area (TPSA) is 82.0 Å². The first-order valence-electron chi connectivity index (χ1n) is 8.60. The molecule has 6 nitrogen and oxygen atoms in total. The number of carbonyl (C=O) groups excluding carboxylic acids is 1. The fourth-order valence-electron chi connectivity index (χ4n) is 3.20. The van der Waals surface area contributed by atoms with Gasteiger partial charge in [0.1, 0.15) is 6.61 Å². The number of alkyl carbamates (subject to hydrolysis) is 1. The highest BCUT2D eigenvalue weighted by Crippen LogP contribution is 2.22. The van der Waals surface area contributed by atoms with Gasteiger partial charge in [0.05, 0.1) is 12.7 Å². The molecule has 0 spiro atoms. The number of β-amino-alcohol motifs (C(OH)–C–C–N with tert-alkyl or cyclic N) is 1. The second-order valence-electron chi connectivity index (χ2n) is 6.36. The Labute approximate surface area is 143 Å². The molecule has 1 aliphatic rings. The quantitative estimate of drug-likeness (QED) is 0.700. The summed E-state index contributed by atoms with van der Waals surface area (Å²) in [5, 5.41) is 22.2. The average molecular weight is 336 g/mol. The van der Waals surface area contributed by atoms with Crippen LogP contribution in [0.15, 0.2) is 30.3 Å². The second-order valence-corrected chi connectivity index (χ2v) is 6.36. The maximum atomic E-state index is 12.0. The molecule has 1 aromatic carbocycles. The summed E-state index contributed by atoms with van der Waals surface area (Å²) in [7, 11) is 0. The predicted molar refractivity (Wildman–Crippen MR) is 91.5 cm³/mol. The van der Waals surface area contributed by atoms with E-state index in [1.807, 2.05) is 37.3 Å². The molecular formula is C18H28N2O4. The van der Waals surface area contributed by atoms with Gasteiger partial charge in [-0.05, 0) is 24.3 Å². The fourth-order valence-corrected chi connectivity index (χ4v) is 3.20. The minimum atomic E-state index is -0.445. The molecular weight excluding hydrogens is 308 g/mol. The van der Waals surface area contributed by atoms with Gasteiger partial charge >= 0.3 is 6.09 Å². The molecule has 1 heterocycles. The second kappa shape index (κ2) is 9.61. The van der Waals surface area contributed by atoms with Gasteiger partial charge in [0.2, 0.25) is 0 Å². The van der Waals surface area contributed by atoms with E-state index in [1.54, 1.807) is 0 Å². The Kier molecular flexibility index (Phi) is 7.49. The molecule has 0 saturated carbocycles. The molecule has 3 N–H and O–H groups in total. The minimum absolute atomic E-state index is 0.0696. The van der Waals surface area contributed by atoms with E-state index in [0.29, 0.717) is 19.5 Å². The molecule has 1 amide bonds. The maximum absolute atomic E-state index is 12.0. The average Bonchev–Trinajstić information content (AvgIpc) is 2.60. The molecule has 2 rings (SSSR count). The molecule has 3 unspecified atom stereocenters. The number of hydrogen-bond donors (Lipinski definition) is 3. The molecule has 24 heavy (non-hydrogen) atoms. The normalized spacial score (nSPS) is 22.8. The van der Waals surface area contributed by atoms with Gasteiger partial charge in [-0.3, -0.25) is 4.90 Å². The molecule has 1 aliphatic heterocycles. The van der Waals surface area contributed by atoms with Gasteiger partial charge in [-0.25, -0.2) is 4.79 Å². The van der Waals surface area contributed by atoms with Gasteiger partial charge in [0, 0.05) is 25.7 Å². The SMILES string of the molecule is CCC(O)C1CC(NC(=O)OCc2ccccc2)CN(CCO)C1. The van der Waals surface area contributed by atoms with Crippen LogP contribution in [0.3, 0.4) is 0 Å². The highest BCUT2D eigenvalue weighted by Gasteiger charge is 2.31. The van der Waals surface area contributed by atoms with Crippen molar-refractivity contribution >= 4 is 6.09 Å². The number of aliphatic hydroxyl groups excluding tert-OH is 2. The molecule has 0 radical (unpaired) electrons. The highest BCUT2D eigenvalue weighted by atomic mass is 16.5. The summed E-state index contributed by atoms with van der Waals surface area (Å²) in [6, 6.07) is 9.46. The maximum Gasteiger partial charge on any atom is 0.407 e. The third-order valence-corrected chi connectivity index (χ3v) is 4.47. The van der Waals surface area contributed by atoms with Crippen LogP contribution in [-0.2, 0) is 11.3 Å². The van der Waals surface area contributed by atoms with E-state index in [-0.39, 0.29) is 25.2 Å². The predicted octanol–water partition coefficient (Wildman–Crippen LogP) is 1.37. The number of amides is 1. The third-order valence-electron chi connectivity index (χ3n) is 4.47. The van der Waals surface area contributed by atoms with Crippen molar-refractivity contribution in [3.8, 4) is 0 Å². The van der Waals surface area contributed by atoms with E-state index in [4.69, 9.17) is 9.84 Å². The fraction of sp³-hybridized carbons (Fsp3) is 0.611. The number of nitrogens with zero attached hydrogens (tertiary/aromatic N) is 1. The Hall–Kier alpha value is -1.63. The van der Waals surface area contributed by atoms with Crippen LogP contribution >= 0.6 is 0 Å². The molecule has 1 aromatic rings. The number of likely N-dealkylation sites (tertiary alicyclic amines) is 1. The van der Waals surface area contributed by atoms with Crippen molar-refractivity contribution in [3.05, 3.63) is 35.9 Å². The van der Waals surface area contributed by atoms with Crippen LogP contribution < -0.4 is 5.32 Å². The van der Waals surface area contributed by atoms with E-state index < -0.39 is 12.2 Å². The smallest absolute Gasteiger partial charge is 0.407 e. The summed E-state index contributed by atoms with van der Waals surface area (Å²) >= 11 is 0. The standard InChI is InChI=1S/C18H28N2O4/c1-2-17(22)15-10-16(12-20(11-15)8-9-21)19-18(23)24-13-14-6-4-3-5-7-14/h3-7,15-17,21-22H,2,8-13H2,1H3,(H,19,23). The summed E-state index contributed by atoms with van der Waals surface area (Å²) in [5.41, 5.74) is 0.942. The van der Waals surface area contributed by atoms with Gasteiger partial charge in [-0.2, -0.15) is 0 Å². The van der Waals surface area contributed by atoms with E-state index in [1.165, 1.54) is 0 Å². The van der Waals surface area contributed by atoms with Crippen molar-refractivity contribution in [2.45, 2.75) is 38.5 Å². The van der Waals surface area contributed by atoms with Gasteiger partial charge in [-0.15, -0.1) is 0 Å². The lowest BCUT2D eigenvalue weighted by Gasteiger charge is -2.39. The van der Waals surface area contributed by atoms with E-state index in [0.717, 1.165) is 18.5 Å². The van der Waals surface area contributed by atoms with Gasteiger partial charge in [0.25, 0.3) is 0 Å². The van der Waals surface area contributed by atoms with Crippen LogP contribution in [0.1, 0.15) is 25.3 Å². The summed E-state index contributed by atoms with van der Waals surface area (Å²) < 4.78 is 5.27. The largest absolute Gasteiger partial charge is 0.445 e. The Morgan fingerprint density at radius 2 is 2.12 bits per heavy atom. The Balaban J connectivity index is 1.85. The zero-order valence-electron chi connectivity index (χ0n) is 14.2. The van der Waals surface area contributed by atoms with Crippen molar-refractivity contribution in [1.82, 2.24) is 10.2 Å². The van der Waals surface area contributed by atoms with Gasteiger partial charge < -0.3 is 20.3 Å². The summed E-state index contributed by atoms with van der Waals surface area (Å²) in [5.74, 6) is 0.0923. The number of piperidine rings is 1. The summed E-state index contributed by atoms with van der Waals surface area (Å²) in [6.45, 7) is 4.21. The summed E-state index contributed by atoms with van der Waals surface area (Å²) in [6.07, 6.45) is 0.566. The van der Waals surface area contributed by atoms with E-state index >= 15 is 0 Å². The first kappa shape index (κ1) is 18.7. The molecule has 3 atom stereocenters. The van der Waals surface area contributed by atoms with Crippen LogP contribution in [-0.4, -0.2) is 59.6 Å². The zero-order valence-corrected chi connectivity index (χ0v) is 14.2. The van der Waals surface area contributed by atoms with Gasteiger partial charge in [-0.1, -0.05) is 37.3 Å². The number of ether oxygens (including phenoxy) is 1. The molecule has 1 saturated heterocycles. The monoisotopic (exact) mass is 336 g/mol. The van der Waals surface area contributed by atoms with Crippen LogP contribution in [0.4, 0.5) is 4.79 Å². The Bertz CT molecular complexity index is 497. The lowest BCUT2D eigenvalue weighted by atomic mass is 9.88. The van der Waals surface area contributed by atoms with Crippen LogP contribution in [0, 0.1) is 5.92 Å². The Morgan fingerprint density at radius 3 is 2.79 bits per heavy atom. The number of nitrogens with one attached hydrogen (secondary N) is 1. The first-order chi connectivity index (χ1) is 11.6. The zero-order chi connectivity index (χ0) is 17.4. The number of rotatable bonds is 7. The van der Waals surface area contributed by atoms with Crippen molar-refractivity contribution in [2.24, 2.45) is 5.92 Å². The lowest BCUT2D eigenvalue weighted by Crippen LogP contribution is -2.53. The van der Waals surface area contributed by atoms with Crippen LogP contribution in [0.5, 0.6) is 0 Å². The Morgan fingerprint density at radius 1 is 1.38 bits per heavy atom.